The van der Waals surface area contributed by atoms with E-state index in [1.165, 1.54) is 23.0 Å². The number of sulfonamides is 1. The SMILES string of the molecule is O=C(Cn1cc(CN2C(=O)c3ccccc3S2(=O)=O)nn1)Nc1ccc(Br)cc1. The number of carbonyl (C=O) groups excluding carboxylic acids is 2. The first-order valence-corrected chi connectivity index (χ1v) is 10.7. The van der Waals surface area contributed by atoms with Crippen LogP contribution in [0.5, 0.6) is 0 Å². The van der Waals surface area contributed by atoms with Crippen LogP contribution in [0.4, 0.5) is 5.69 Å². The highest BCUT2D eigenvalue weighted by Gasteiger charge is 2.41. The Bertz CT molecular complexity index is 1210. The standard InChI is InChI=1S/C18H14BrN5O4S/c19-12-5-7-13(8-6-12)20-17(25)11-23-9-14(21-22-23)10-24-18(26)15-3-1-2-4-16(15)29(24,27)28/h1-9H,10-11H2,(H,20,25). The number of fused-ring (bicyclic) bond motifs is 1. The predicted molar refractivity (Wildman–Crippen MR) is 106 cm³/mol. The maximum Gasteiger partial charge on any atom is 0.269 e. The lowest BCUT2D eigenvalue weighted by Gasteiger charge is -2.12. The summed E-state index contributed by atoms with van der Waals surface area (Å²) in [5.74, 6) is -0.927. The lowest BCUT2D eigenvalue weighted by molar-refractivity contribution is -0.116. The van der Waals surface area contributed by atoms with Crippen molar-refractivity contribution in [3.05, 3.63) is 70.5 Å². The summed E-state index contributed by atoms with van der Waals surface area (Å²) in [6.07, 6.45) is 1.44. The molecule has 0 saturated heterocycles. The van der Waals surface area contributed by atoms with Gasteiger partial charge in [0.15, 0.2) is 0 Å². The molecule has 4 rings (SSSR count). The summed E-state index contributed by atoms with van der Waals surface area (Å²) >= 11 is 3.32. The molecule has 3 aromatic rings. The first-order valence-electron chi connectivity index (χ1n) is 8.45. The molecule has 0 aliphatic carbocycles. The summed E-state index contributed by atoms with van der Waals surface area (Å²) in [4.78, 5) is 24.6. The van der Waals surface area contributed by atoms with Crippen LogP contribution in [-0.2, 0) is 27.9 Å². The van der Waals surface area contributed by atoms with E-state index in [1.54, 1.807) is 36.4 Å². The van der Waals surface area contributed by atoms with Crippen molar-refractivity contribution in [3.63, 3.8) is 0 Å². The molecule has 11 heteroatoms. The van der Waals surface area contributed by atoms with Gasteiger partial charge in [0.25, 0.3) is 15.9 Å². The summed E-state index contributed by atoms with van der Waals surface area (Å²) in [6, 6.07) is 13.1. The molecular weight excluding hydrogens is 462 g/mol. The van der Waals surface area contributed by atoms with Crippen molar-refractivity contribution in [2.24, 2.45) is 0 Å². The van der Waals surface area contributed by atoms with Crippen molar-refractivity contribution in [1.29, 1.82) is 0 Å². The number of halogens is 1. The highest BCUT2D eigenvalue weighted by molar-refractivity contribution is 9.10. The molecule has 1 aliphatic heterocycles. The monoisotopic (exact) mass is 475 g/mol. The highest BCUT2D eigenvalue weighted by Crippen LogP contribution is 2.30. The van der Waals surface area contributed by atoms with Gasteiger partial charge in [0.1, 0.15) is 17.1 Å². The summed E-state index contributed by atoms with van der Waals surface area (Å²) in [5.41, 5.74) is 1.02. The molecular formula is C18H14BrN5O4S. The number of nitrogens with zero attached hydrogens (tertiary/aromatic N) is 4. The van der Waals surface area contributed by atoms with Gasteiger partial charge in [-0.25, -0.2) is 17.4 Å². The van der Waals surface area contributed by atoms with Gasteiger partial charge in [-0.3, -0.25) is 9.59 Å². The number of hydrogen-bond acceptors (Lipinski definition) is 6. The minimum Gasteiger partial charge on any atom is -0.324 e. The predicted octanol–water partition coefficient (Wildman–Crippen LogP) is 2.02. The van der Waals surface area contributed by atoms with Crippen LogP contribution in [0.25, 0.3) is 0 Å². The van der Waals surface area contributed by atoms with Crippen molar-refractivity contribution in [1.82, 2.24) is 19.3 Å². The van der Waals surface area contributed by atoms with Gasteiger partial charge in [-0.05, 0) is 36.4 Å². The minimum absolute atomic E-state index is 0.0220. The first-order chi connectivity index (χ1) is 13.8. The topological polar surface area (TPSA) is 114 Å². The number of carbonyl (C=O) groups is 2. The molecule has 2 heterocycles. The quantitative estimate of drug-likeness (QED) is 0.603. The van der Waals surface area contributed by atoms with Crippen LogP contribution in [0.15, 0.2) is 64.1 Å². The van der Waals surface area contributed by atoms with Gasteiger partial charge in [-0.1, -0.05) is 33.3 Å². The van der Waals surface area contributed by atoms with E-state index in [0.717, 1.165) is 8.78 Å². The van der Waals surface area contributed by atoms with Crippen LogP contribution < -0.4 is 5.32 Å². The van der Waals surface area contributed by atoms with Crippen molar-refractivity contribution in [3.8, 4) is 0 Å². The Hall–Kier alpha value is -3.05. The molecule has 29 heavy (non-hydrogen) atoms. The molecule has 0 fully saturated rings. The van der Waals surface area contributed by atoms with Crippen molar-refractivity contribution in [2.75, 3.05) is 5.32 Å². The lowest BCUT2D eigenvalue weighted by atomic mass is 10.2. The largest absolute Gasteiger partial charge is 0.324 e. The van der Waals surface area contributed by atoms with Crippen LogP contribution >= 0.6 is 15.9 Å². The highest BCUT2D eigenvalue weighted by atomic mass is 79.9. The molecule has 2 aromatic carbocycles. The third-order valence-electron chi connectivity index (χ3n) is 4.24. The van der Waals surface area contributed by atoms with Gasteiger partial charge in [0.05, 0.1) is 18.3 Å². The average molecular weight is 476 g/mol. The molecule has 1 aliphatic rings. The maximum atomic E-state index is 12.6. The van der Waals surface area contributed by atoms with Crippen LogP contribution in [0, 0.1) is 0 Å². The second-order valence-electron chi connectivity index (χ2n) is 6.28. The Morgan fingerprint density at radius 3 is 2.55 bits per heavy atom. The van der Waals surface area contributed by atoms with Gasteiger partial charge in [-0.15, -0.1) is 5.10 Å². The van der Waals surface area contributed by atoms with Crippen LogP contribution in [0.1, 0.15) is 16.1 Å². The fraction of sp³-hybridized carbons (Fsp3) is 0.111. The minimum atomic E-state index is -3.93. The summed E-state index contributed by atoms with van der Waals surface area (Å²) in [6.45, 7) is -0.367. The second kappa shape index (κ2) is 7.41. The molecule has 148 valence electrons. The number of aromatic nitrogens is 3. The maximum absolute atomic E-state index is 12.6. The zero-order valence-corrected chi connectivity index (χ0v) is 17.2. The van der Waals surface area contributed by atoms with E-state index < -0.39 is 15.9 Å². The zero-order valence-electron chi connectivity index (χ0n) is 14.8. The molecule has 1 N–H and O–H groups in total. The first kappa shape index (κ1) is 19.3. The van der Waals surface area contributed by atoms with Gasteiger partial charge < -0.3 is 5.32 Å². The number of amides is 2. The Morgan fingerprint density at radius 2 is 1.83 bits per heavy atom. The molecule has 0 unspecified atom stereocenters. The van der Waals surface area contributed by atoms with E-state index in [2.05, 4.69) is 31.6 Å². The van der Waals surface area contributed by atoms with E-state index in [1.807, 2.05) is 0 Å². The number of nitrogens with one attached hydrogen (secondary N) is 1. The van der Waals surface area contributed by atoms with Crippen LogP contribution in [-0.4, -0.2) is 39.5 Å². The van der Waals surface area contributed by atoms with E-state index in [9.17, 15) is 18.0 Å². The molecule has 1 aromatic heterocycles. The van der Waals surface area contributed by atoms with Crippen LogP contribution in [0.2, 0.25) is 0 Å². The summed E-state index contributed by atoms with van der Waals surface area (Å²) in [5, 5.41) is 10.4. The molecule has 9 nitrogen and oxygen atoms in total. The zero-order chi connectivity index (χ0) is 20.6. The van der Waals surface area contributed by atoms with Gasteiger partial charge in [0.2, 0.25) is 5.91 Å². The van der Waals surface area contributed by atoms with Crippen molar-refractivity contribution in [2.45, 2.75) is 18.0 Å². The van der Waals surface area contributed by atoms with E-state index in [0.29, 0.717) is 5.69 Å². The Morgan fingerprint density at radius 1 is 1.10 bits per heavy atom. The average Bonchev–Trinajstić information content (AvgIpc) is 3.20. The van der Waals surface area contributed by atoms with Crippen molar-refractivity contribution >= 4 is 43.5 Å². The number of benzene rings is 2. The molecule has 2 amide bonds. The third-order valence-corrected chi connectivity index (χ3v) is 6.55. The normalized spacial score (nSPS) is 14.7. The van der Waals surface area contributed by atoms with E-state index in [-0.39, 0.29) is 35.1 Å². The van der Waals surface area contributed by atoms with Gasteiger partial charge in [0, 0.05) is 10.2 Å². The molecule has 0 saturated carbocycles. The molecule has 0 atom stereocenters. The van der Waals surface area contributed by atoms with Crippen molar-refractivity contribution < 1.29 is 18.0 Å². The number of anilines is 1. The molecule has 0 spiro atoms. The Labute approximate surface area is 174 Å². The second-order valence-corrected chi connectivity index (χ2v) is 9.02. The Balaban J connectivity index is 1.44. The van der Waals surface area contributed by atoms with E-state index in [4.69, 9.17) is 0 Å². The van der Waals surface area contributed by atoms with Gasteiger partial charge >= 0.3 is 0 Å². The fourth-order valence-electron chi connectivity index (χ4n) is 2.90. The smallest absolute Gasteiger partial charge is 0.269 e. The Kier molecular flexibility index (Phi) is 4.92. The van der Waals surface area contributed by atoms with Crippen LogP contribution in [0.3, 0.4) is 0 Å². The lowest BCUT2D eigenvalue weighted by Crippen LogP contribution is -2.29. The fourth-order valence-corrected chi connectivity index (χ4v) is 4.71. The van der Waals surface area contributed by atoms with E-state index >= 15 is 0 Å². The summed E-state index contributed by atoms with van der Waals surface area (Å²) in [7, 11) is -3.93. The molecule has 0 radical (unpaired) electrons. The summed E-state index contributed by atoms with van der Waals surface area (Å²) < 4.78 is 28.1. The number of rotatable bonds is 5. The number of hydrogen-bond donors (Lipinski definition) is 1. The third kappa shape index (κ3) is 3.78. The molecule has 0 bridgehead atoms. The van der Waals surface area contributed by atoms with Gasteiger partial charge in [-0.2, -0.15) is 0 Å².